The van der Waals surface area contributed by atoms with Gasteiger partial charge in [0.25, 0.3) is 0 Å². The molecular formula is C26H34F3N7O2. The van der Waals surface area contributed by atoms with Crippen LogP contribution in [0.15, 0.2) is 30.5 Å². The zero-order chi connectivity index (χ0) is 28.0. The number of benzene rings is 1. The number of rotatable bonds is 4. The minimum absolute atomic E-state index is 0.203. The number of halogens is 3. The molecule has 38 heavy (non-hydrogen) atoms. The van der Waals surface area contributed by atoms with Crippen molar-refractivity contribution in [1.82, 2.24) is 24.4 Å². The molecule has 0 radical (unpaired) electrons. The predicted octanol–water partition coefficient (Wildman–Crippen LogP) is 6.53. The Morgan fingerprint density at radius 1 is 1.11 bits per heavy atom. The highest BCUT2D eigenvalue weighted by Gasteiger charge is 2.40. The monoisotopic (exact) mass is 533 g/mol. The Kier molecular flexibility index (Phi) is 6.96. The topological polar surface area (TPSA) is 108 Å². The first-order chi connectivity index (χ1) is 17.5. The van der Waals surface area contributed by atoms with Gasteiger partial charge in [0.05, 0.1) is 11.8 Å². The highest BCUT2D eigenvalue weighted by Crippen LogP contribution is 2.40. The standard InChI is InChI=1S/C26H34F3N7O2/c1-24(2,3)19-13-17(10-11-35(19)23(37)38)36-20-18(14-30-21(33-20)34-25(4,5)6)32-22(36)31-16-9-7-8-15(12-16)26(27,28)29/h7-9,12,14,17,19H,10-11,13H2,1-6H3,(H,31,32)(H,37,38)(H,30,33,34). The Morgan fingerprint density at radius 3 is 2.42 bits per heavy atom. The van der Waals surface area contributed by atoms with Gasteiger partial charge in [-0.1, -0.05) is 26.8 Å². The molecule has 1 aromatic carbocycles. The Labute approximate surface area is 219 Å². The Hall–Kier alpha value is -3.57. The molecule has 3 N–H and O–H groups in total. The quantitative estimate of drug-likeness (QED) is 0.350. The van der Waals surface area contributed by atoms with Crippen LogP contribution in [0.5, 0.6) is 0 Å². The number of alkyl halides is 3. The molecule has 1 aliphatic heterocycles. The fourth-order valence-corrected chi connectivity index (χ4v) is 4.85. The van der Waals surface area contributed by atoms with Gasteiger partial charge in [0.2, 0.25) is 11.9 Å². The first kappa shape index (κ1) is 27.5. The van der Waals surface area contributed by atoms with E-state index in [4.69, 9.17) is 4.98 Å². The number of nitrogens with zero attached hydrogens (tertiary/aromatic N) is 5. The van der Waals surface area contributed by atoms with Crippen molar-refractivity contribution >= 4 is 34.8 Å². The van der Waals surface area contributed by atoms with E-state index in [2.05, 4.69) is 20.6 Å². The lowest BCUT2D eigenvalue weighted by atomic mass is 9.79. The van der Waals surface area contributed by atoms with E-state index < -0.39 is 17.8 Å². The fourth-order valence-electron chi connectivity index (χ4n) is 4.85. The van der Waals surface area contributed by atoms with Gasteiger partial charge >= 0.3 is 12.3 Å². The number of imidazole rings is 1. The van der Waals surface area contributed by atoms with Crippen LogP contribution in [-0.2, 0) is 6.18 Å². The van der Waals surface area contributed by atoms with Crippen LogP contribution in [-0.4, -0.2) is 53.7 Å². The SMILES string of the molecule is CC(C)(C)Nc1ncc2nc(Nc3cccc(C(F)(F)F)c3)n(C3CCN(C(=O)O)C(C(C)(C)C)C3)c2n1. The lowest BCUT2D eigenvalue weighted by Crippen LogP contribution is -2.51. The number of hydrogen-bond donors (Lipinski definition) is 3. The van der Waals surface area contributed by atoms with Crippen molar-refractivity contribution in [2.24, 2.45) is 5.41 Å². The van der Waals surface area contributed by atoms with Crippen LogP contribution in [0.25, 0.3) is 11.2 Å². The van der Waals surface area contributed by atoms with Gasteiger partial charge in [-0.2, -0.15) is 18.2 Å². The summed E-state index contributed by atoms with van der Waals surface area (Å²) in [6.07, 6.45) is -2.89. The number of carboxylic acid groups (broad SMARTS) is 1. The maximum Gasteiger partial charge on any atom is 0.416 e. The molecule has 12 heteroatoms. The van der Waals surface area contributed by atoms with Gasteiger partial charge < -0.3 is 20.6 Å². The van der Waals surface area contributed by atoms with Crippen LogP contribution in [0.4, 0.5) is 35.5 Å². The van der Waals surface area contributed by atoms with Crippen molar-refractivity contribution in [3.8, 4) is 0 Å². The number of likely N-dealkylation sites (tertiary alicyclic amines) is 1. The van der Waals surface area contributed by atoms with E-state index in [1.165, 1.54) is 11.0 Å². The summed E-state index contributed by atoms with van der Waals surface area (Å²) in [5.41, 5.74) is -0.191. The zero-order valence-corrected chi connectivity index (χ0v) is 22.4. The summed E-state index contributed by atoms with van der Waals surface area (Å²) in [6, 6.07) is 4.44. The second-order valence-corrected chi connectivity index (χ2v) is 11.8. The van der Waals surface area contributed by atoms with Gasteiger partial charge in [-0.05, 0) is 57.2 Å². The molecule has 206 valence electrons. The van der Waals surface area contributed by atoms with Crippen molar-refractivity contribution < 1.29 is 23.1 Å². The highest BCUT2D eigenvalue weighted by molar-refractivity contribution is 5.77. The van der Waals surface area contributed by atoms with E-state index in [1.54, 1.807) is 12.3 Å². The molecular weight excluding hydrogens is 499 g/mol. The molecule has 3 heterocycles. The van der Waals surface area contributed by atoms with Crippen LogP contribution in [0, 0.1) is 5.41 Å². The Bertz CT molecular complexity index is 1330. The van der Waals surface area contributed by atoms with Crippen molar-refractivity contribution in [2.45, 2.75) is 78.2 Å². The number of piperidine rings is 1. The number of nitrogens with one attached hydrogen (secondary N) is 2. The second kappa shape index (κ2) is 9.63. The molecule has 2 aromatic heterocycles. The fraction of sp³-hybridized carbons (Fsp3) is 0.538. The van der Waals surface area contributed by atoms with Crippen molar-refractivity contribution in [2.75, 3.05) is 17.2 Å². The van der Waals surface area contributed by atoms with E-state index >= 15 is 0 Å². The van der Waals surface area contributed by atoms with Crippen LogP contribution in [0.1, 0.15) is 66.0 Å². The van der Waals surface area contributed by atoms with Gasteiger partial charge in [0, 0.05) is 29.9 Å². The van der Waals surface area contributed by atoms with Crippen molar-refractivity contribution in [3.05, 3.63) is 36.0 Å². The minimum Gasteiger partial charge on any atom is -0.465 e. The summed E-state index contributed by atoms with van der Waals surface area (Å²) in [4.78, 5) is 27.2. The zero-order valence-electron chi connectivity index (χ0n) is 22.4. The average Bonchev–Trinajstić information content (AvgIpc) is 3.13. The maximum atomic E-state index is 13.4. The average molecular weight is 534 g/mol. The molecule has 1 aliphatic rings. The summed E-state index contributed by atoms with van der Waals surface area (Å²) in [5, 5.41) is 16.1. The predicted molar refractivity (Wildman–Crippen MR) is 140 cm³/mol. The molecule has 1 saturated heterocycles. The summed E-state index contributed by atoms with van der Waals surface area (Å²) in [6.45, 7) is 12.2. The third-order valence-electron chi connectivity index (χ3n) is 6.55. The van der Waals surface area contributed by atoms with Crippen LogP contribution in [0.3, 0.4) is 0 Å². The molecule has 0 saturated carbocycles. The smallest absolute Gasteiger partial charge is 0.416 e. The molecule has 9 nitrogen and oxygen atoms in total. The number of hydrogen-bond acceptors (Lipinski definition) is 6. The van der Waals surface area contributed by atoms with Crippen molar-refractivity contribution in [3.63, 3.8) is 0 Å². The van der Waals surface area contributed by atoms with Crippen molar-refractivity contribution in [1.29, 1.82) is 0 Å². The number of fused-ring (bicyclic) bond motifs is 1. The van der Waals surface area contributed by atoms with Crippen LogP contribution in [0.2, 0.25) is 0 Å². The molecule has 0 spiro atoms. The van der Waals surface area contributed by atoms with Gasteiger partial charge in [-0.25, -0.2) is 14.8 Å². The summed E-state index contributed by atoms with van der Waals surface area (Å²) in [7, 11) is 0. The molecule has 3 aromatic rings. The van der Waals surface area contributed by atoms with Gasteiger partial charge in [-0.3, -0.25) is 4.57 Å². The third kappa shape index (κ3) is 5.94. The molecule has 1 fully saturated rings. The summed E-state index contributed by atoms with van der Waals surface area (Å²) >= 11 is 0. The lowest BCUT2D eigenvalue weighted by molar-refractivity contribution is -0.137. The van der Waals surface area contributed by atoms with Gasteiger partial charge in [0.15, 0.2) is 5.65 Å². The normalized spacial score (nSPS) is 19.0. The first-order valence-electron chi connectivity index (χ1n) is 12.5. The molecule has 0 bridgehead atoms. The van der Waals surface area contributed by atoms with E-state index in [9.17, 15) is 23.1 Å². The number of carbonyl (C=O) groups is 1. The first-order valence-corrected chi connectivity index (χ1v) is 12.5. The number of aromatic nitrogens is 4. The van der Waals surface area contributed by atoms with E-state index in [1.807, 2.05) is 46.1 Å². The second-order valence-electron chi connectivity index (χ2n) is 11.8. The molecule has 2 unspecified atom stereocenters. The molecule has 1 amide bonds. The van der Waals surface area contributed by atoms with E-state index in [0.717, 1.165) is 12.1 Å². The summed E-state index contributed by atoms with van der Waals surface area (Å²) in [5.74, 6) is 0.718. The summed E-state index contributed by atoms with van der Waals surface area (Å²) < 4.78 is 41.9. The maximum absolute atomic E-state index is 13.4. The Balaban J connectivity index is 1.81. The Morgan fingerprint density at radius 2 is 1.82 bits per heavy atom. The molecule has 4 rings (SSSR count). The van der Waals surface area contributed by atoms with Crippen LogP contribution < -0.4 is 10.6 Å². The third-order valence-corrected chi connectivity index (χ3v) is 6.55. The van der Waals surface area contributed by atoms with E-state index in [0.29, 0.717) is 42.4 Å². The minimum atomic E-state index is -4.49. The van der Waals surface area contributed by atoms with Crippen LogP contribution >= 0.6 is 0 Å². The molecule has 2 atom stereocenters. The number of amides is 1. The number of anilines is 3. The van der Waals surface area contributed by atoms with Gasteiger partial charge in [-0.15, -0.1) is 0 Å². The largest absolute Gasteiger partial charge is 0.465 e. The van der Waals surface area contributed by atoms with Gasteiger partial charge in [0.1, 0.15) is 5.52 Å². The highest BCUT2D eigenvalue weighted by atomic mass is 19.4. The molecule has 0 aliphatic carbocycles. The lowest BCUT2D eigenvalue weighted by Gasteiger charge is -2.45. The van der Waals surface area contributed by atoms with E-state index in [-0.39, 0.29) is 28.7 Å².